The maximum atomic E-state index is 12.8. The quantitative estimate of drug-likeness (QED) is 0.457. The number of nitrogens with one attached hydrogen (secondary N) is 2. The predicted octanol–water partition coefficient (Wildman–Crippen LogP) is 5.37. The number of para-hydroxylation sites is 1. The van der Waals surface area contributed by atoms with Crippen LogP contribution in [0.4, 0.5) is 15.6 Å². The van der Waals surface area contributed by atoms with Crippen LogP contribution in [0.5, 0.6) is 0 Å². The SMILES string of the molecule is O=C(Nc1nnc(-c2ccc(Br)cc2)s1)[C@@H]1CCCN1C(=O)Nc1ccccc1Br. The summed E-state index contributed by atoms with van der Waals surface area (Å²) in [7, 11) is 0. The molecule has 2 heterocycles. The van der Waals surface area contributed by atoms with Gasteiger partial charge in [0.15, 0.2) is 0 Å². The van der Waals surface area contributed by atoms with Crippen LogP contribution >= 0.6 is 43.2 Å². The molecule has 1 fully saturated rings. The molecule has 4 rings (SSSR count). The number of carbonyl (C=O) groups excluding carboxylic acids is 2. The molecular formula is C20H17Br2N5O2S. The Morgan fingerprint density at radius 1 is 1.03 bits per heavy atom. The molecule has 2 N–H and O–H groups in total. The van der Waals surface area contributed by atoms with Crippen LogP contribution in [0.25, 0.3) is 10.6 Å². The first-order valence-corrected chi connectivity index (χ1v) is 11.6. The summed E-state index contributed by atoms with van der Waals surface area (Å²) in [5.74, 6) is -0.256. The minimum atomic E-state index is -0.549. The van der Waals surface area contributed by atoms with Gasteiger partial charge in [-0.05, 0) is 53.0 Å². The van der Waals surface area contributed by atoms with Gasteiger partial charge in [0.05, 0.1) is 5.69 Å². The summed E-state index contributed by atoms with van der Waals surface area (Å²) in [6, 6.07) is 14.2. The molecule has 2 aromatic carbocycles. The number of urea groups is 1. The highest BCUT2D eigenvalue weighted by Crippen LogP contribution is 2.29. The van der Waals surface area contributed by atoms with E-state index in [9.17, 15) is 9.59 Å². The van der Waals surface area contributed by atoms with Gasteiger partial charge in [0.2, 0.25) is 11.0 Å². The van der Waals surface area contributed by atoms with Gasteiger partial charge < -0.3 is 10.2 Å². The number of benzene rings is 2. The fourth-order valence-corrected chi connectivity index (χ4v) is 4.60. The van der Waals surface area contributed by atoms with E-state index in [1.54, 1.807) is 11.0 Å². The number of nitrogens with zero attached hydrogens (tertiary/aromatic N) is 3. The van der Waals surface area contributed by atoms with E-state index in [1.807, 2.05) is 42.5 Å². The van der Waals surface area contributed by atoms with Crippen LogP contribution in [0, 0.1) is 0 Å². The lowest BCUT2D eigenvalue weighted by molar-refractivity contribution is -0.119. The lowest BCUT2D eigenvalue weighted by atomic mass is 10.2. The molecule has 0 spiro atoms. The normalized spacial score (nSPS) is 15.8. The second-order valence-corrected chi connectivity index (χ2v) is 9.42. The third kappa shape index (κ3) is 4.71. The van der Waals surface area contributed by atoms with Crippen molar-refractivity contribution in [3.63, 3.8) is 0 Å². The molecular weight excluding hydrogens is 534 g/mol. The van der Waals surface area contributed by atoms with Crippen LogP contribution in [-0.2, 0) is 4.79 Å². The molecule has 10 heteroatoms. The van der Waals surface area contributed by atoms with E-state index >= 15 is 0 Å². The summed E-state index contributed by atoms with van der Waals surface area (Å²) < 4.78 is 1.76. The molecule has 3 amide bonds. The van der Waals surface area contributed by atoms with Crippen molar-refractivity contribution in [3.8, 4) is 10.6 Å². The van der Waals surface area contributed by atoms with Gasteiger partial charge in [-0.3, -0.25) is 10.1 Å². The van der Waals surface area contributed by atoms with Crippen LogP contribution in [0.2, 0.25) is 0 Å². The second-order valence-electron chi connectivity index (χ2n) is 6.67. The fraction of sp³-hybridized carbons (Fsp3) is 0.200. The van der Waals surface area contributed by atoms with Crippen LogP contribution in [0.1, 0.15) is 12.8 Å². The van der Waals surface area contributed by atoms with E-state index in [4.69, 9.17) is 0 Å². The predicted molar refractivity (Wildman–Crippen MR) is 125 cm³/mol. The minimum absolute atomic E-state index is 0.256. The van der Waals surface area contributed by atoms with Gasteiger partial charge in [0, 0.05) is 21.1 Å². The molecule has 154 valence electrons. The maximum Gasteiger partial charge on any atom is 0.322 e. The molecule has 7 nitrogen and oxygen atoms in total. The zero-order valence-corrected chi connectivity index (χ0v) is 19.6. The van der Waals surface area contributed by atoms with E-state index in [-0.39, 0.29) is 11.9 Å². The molecule has 0 bridgehead atoms. The molecule has 3 aromatic rings. The summed E-state index contributed by atoms with van der Waals surface area (Å²) in [6.45, 7) is 0.522. The minimum Gasteiger partial charge on any atom is -0.312 e. The van der Waals surface area contributed by atoms with Crippen molar-refractivity contribution >= 4 is 66.0 Å². The number of carbonyl (C=O) groups is 2. The number of aromatic nitrogens is 2. The molecule has 1 saturated heterocycles. The Morgan fingerprint density at radius 3 is 2.57 bits per heavy atom. The van der Waals surface area contributed by atoms with Gasteiger partial charge in [-0.2, -0.15) is 0 Å². The number of anilines is 2. The summed E-state index contributed by atoms with van der Waals surface area (Å²) in [6.07, 6.45) is 1.37. The molecule has 30 heavy (non-hydrogen) atoms. The Kier molecular flexibility index (Phi) is 6.45. The van der Waals surface area contributed by atoms with E-state index in [0.717, 1.165) is 20.9 Å². The lowest BCUT2D eigenvalue weighted by Gasteiger charge is -2.24. The fourth-order valence-electron chi connectivity index (χ4n) is 3.20. The average Bonchev–Trinajstić information content (AvgIpc) is 3.40. The number of amides is 3. The third-order valence-corrected chi connectivity index (χ3v) is 6.79. The van der Waals surface area contributed by atoms with Crippen LogP contribution in [0.15, 0.2) is 57.5 Å². The number of likely N-dealkylation sites (tertiary alicyclic amines) is 1. The third-order valence-electron chi connectivity index (χ3n) is 4.68. The number of hydrogen-bond acceptors (Lipinski definition) is 5. The number of rotatable bonds is 4. The van der Waals surface area contributed by atoms with Gasteiger partial charge in [-0.1, -0.05) is 51.5 Å². The van der Waals surface area contributed by atoms with Crippen molar-refractivity contribution in [2.24, 2.45) is 0 Å². The topological polar surface area (TPSA) is 87.2 Å². The van der Waals surface area contributed by atoms with Gasteiger partial charge in [0.1, 0.15) is 11.0 Å². The molecule has 0 saturated carbocycles. The van der Waals surface area contributed by atoms with Gasteiger partial charge in [0.25, 0.3) is 0 Å². The Labute approximate surface area is 194 Å². The Morgan fingerprint density at radius 2 is 1.80 bits per heavy atom. The number of hydrogen-bond donors (Lipinski definition) is 2. The zero-order chi connectivity index (χ0) is 21.1. The molecule has 1 aliphatic heterocycles. The monoisotopic (exact) mass is 549 g/mol. The smallest absolute Gasteiger partial charge is 0.312 e. The zero-order valence-electron chi connectivity index (χ0n) is 15.6. The van der Waals surface area contributed by atoms with Crippen LogP contribution in [-0.4, -0.2) is 39.6 Å². The van der Waals surface area contributed by atoms with Crippen molar-refractivity contribution < 1.29 is 9.59 Å². The number of halogens is 2. The molecule has 1 atom stereocenters. The van der Waals surface area contributed by atoms with Crippen molar-refractivity contribution in [2.45, 2.75) is 18.9 Å². The van der Waals surface area contributed by atoms with Crippen molar-refractivity contribution in [2.75, 3.05) is 17.2 Å². The van der Waals surface area contributed by atoms with E-state index in [1.165, 1.54) is 11.3 Å². The highest BCUT2D eigenvalue weighted by molar-refractivity contribution is 9.10. The van der Waals surface area contributed by atoms with Crippen molar-refractivity contribution in [3.05, 3.63) is 57.5 Å². The molecule has 0 unspecified atom stereocenters. The highest BCUT2D eigenvalue weighted by atomic mass is 79.9. The lowest BCUT2D eigenvalue weighted by Crippen LogP contribution is -2.45. The summed E-state index contributed by atoms with van der Waals surface area (Å²) >= 11 is 8.12. The molecule has 1 aliphatic rings. The summed E-state index contributed by atoms with van der Waals surface area (Å²) in [5, 5.41) is 15.0. The van der Waals surface area contributed by atoms with E-state index in [2.05, 4.69) is 52.7 Å². The van der Waals surface area contributed by atoms with Crippen LogP contribution < -0.4 is 10.6 Å². The Hall–Kier alpha value is -2.30. The molecule has 0 radical (unpaired) electrons. The average molecular weight is 551 g/mol. The Bertz CT molecular complexity index is 1070. The Balaban J connectivity index is 1.42. The first kappa shape index (κ1) is 21.0. The summed E-state index contributed by atoms with van der Waals surface area (Å²) in [4.78, 5) is 27.1. The molecule has 1 aromatic heterocycles. The maximum absolute atomic E-state index is 12.8. The second kappa shape index (κ2) is 9.23. The standard InChI is InChI=1S/C20H17Br2N5O2S/c21-13-9-7-12(8-10-13)18-25-26-19(30-18)24-17(28)16-6-3-11-27(16)20(29)23-15-5-2-1-4-14(15)22/h1-2,4-5,7-10,16H,3,6,11H2,(H,23,29)(H,24,26,28)/t16-/m0/s1. The first-order chi connectivity index (χ1) is 14.5. The highest BCUT2D eigenvalue weighted by Gasteiger charge is 2.34. The first-order valence-electron chi connectivity index (χ1n) is 9.24. The van der Waals surface area contributed by atoms with Gasteiger partial charge in [-0.25, -0.2) is 4.79 Å². The van der Waals surface area contributed by atoms with Gasteiger partial charge in [-0.15, -0.1) is 10.2 Å². The largest absolute Gasteiger partial charge is 0.322 e. The van der Waals surface area contributed by atoms with E-state index in [0.29, 0.717) is 28.8 Å². The van der Waals surface area contributed by atoms with Crippen LogP contribution in [0.3, 0.4) is 0 Å². The van der Waals surface area contributed by atoms with Crippen molar-refractivity contribution in [1.29, 1.82) is 0 Å². The van der Waals surface area contributed by atoms with Gasteiger partial charge >= 0.3 is 6.03 Å². The molecule has 0 aliphatic carbocycles. The van der Waals surface area contributed by atoms with Crippen molar-refractivity contribution in [1.82, 2.24) is 15.1 Å². The summed E-state index contributed by atoms with van der Waals surface area (Å²) in [5.41, 5.74) is 1.59. The van der Waals surface area contributed by atoms with E-state index < -0.39 is 6.04 Å².